The molecule has 2 heterocycles. The van der Waals surface area contributed by atoms with Gasteiger partial charge >= 0.3 is 5.97 Å². The van der Waals surface area contributed by atoms with Gasteiger partial charge in [0.15, 0.2) is 0 Å². The van der Waals surface area contributed by atoms with Crippen molar-refractivity contribution in [2.75, 3.05) is 24.3 Å². The summed E-state index contributed by atoms with van der Waals surface area (Å²) >= 11 is 2.60. The fourth-order valence-electron chi connectivity index (χ4n) is 4.25. The Balaban J connectivity index is 1.49. The van der Waals surface area contributed by atoms with Crippen LogP contribution in [0.15, 0.2) is 53.4 Å². The molecule has 4 rings (SSSR count). The van der Waals surface area contributed by atoms with Crippen molar-refractivity contribution in [3.05, 3.63) is 75.9 Å². The molecule has 0 saturated carbocycles. The summed E-state index contributed by atoms with van der Waals surface area (Å²) in [6, 6.07) is 12.7. The number of halogens is 1. The molecule has 11 heteroatoms. The number of hydrogen-bond acceptors (Lipinski definition) is 7. The smallest absolute Gasteiger partial charge is 0.341 e. The zero-order valence-corrected chi connectivity index (χ0v) is 23.3. The van der Waals surface area contributed by atoms with Crippen molar-refractivity contribution in [1.29, 1.82) is 0 Å². The summed E-state index contributed by atoms with van der Waals surface area (Å²) in [6.45, 7) is 4.26. The van der Waals surface area contributed by atoms with Crippen molar-refractivity contribution < 1.29 is 28.3 Å². The van der Waals surface area contributed by atoms with Gasteiger partial charge in [0.25, 0.3) is 5.91 Å². The van der Waals surface area contributed by atoms with Crippen molar-refractivity contribution in [3.63, 3.8) is 0 Å². The van der Waals surface area contributed by atoms with Crippen molar-refractivity contribution in [3.8, 4) is 0 Å². The highest BCUT2D eigenvalue weighted by Gasteiger charge is 2.31. The third-order valence-electron chi connectivity index (χ3n) is 6.28. The van der Waals surface area contributed by atoms with E-state index in [9.17, 15) is 23.6 Å². The molecule has 1 atom stereocenters. The molecular formula is C28H28FN3O5S2. The molecule has 0 bridgehead atoms. The van der Waals surface area contributed by atoms with Gasteiger partial charge in [0.2, 0.25) is 11.8 Å². The second-order valence-corrected chi connectivity index (χ2v) is 11.2. The molecule has 8 nitrogen and oxygen atoms in total. The number of carbonyl (C=O) groups is 4. The van der Waals surface area contributed by atoms with Crippen LogP contribution in [0.3, 0.4) is 0 Å². The second-order valence-electron chi connectivity index (χ2n) is 8.86. The molecule has 3 aromatic rings. The lowest BCUT2D eigenvalue weighted by Crippen LogP contribution is -2.34. The molecule has 1 aliphatic rings. The molecule has 2 N–H and O–H groups in total. The Morgan fingerprint density at radius 2 is 1.90 bits per heavy atom. The van der Waals surface area contributed by atoms with Crippen LogP contribution < -0.4 is 10.6 Å². The van der Waals surface area contributed by atoms with E-state index in [1.54, 1.807) is 29.2 Å². The predicted octanol–water partition coefficient (Wildman–Crippen LogP) is 5.34. The second kappa shape index (κ2) is 12.4. The highest BCUT2D eigenvalue weighted by Crippen LogP contribution is 2.38. The highest BCUT2D eigenvalue weighted by molar-refractivity contribution is 8.00. The van der Waals surface area contributed by atoms with Gasteiger partial charge in [-0.1, -0.05) is 25.1 Å². The number of amides is 3. The molecule has 0 saturated heterocycles. The zero-order valence-electron chi connectivity index (χ0n) is 21.7. The van der Waals surface area contributed by atoms with Crippen molar-refractivity contribution in [2.45, 2.75) is 43.4 Å². The first-order valence-corrected chi connectivity index (χ1v) is 14.0. The Labute approximate surface area is 233 Å². The molecule has 1 aromatic heterocycles. The first-order chi connectivity index (χ1) is 18.7. The van der Waals surface area contributed by atoms with Crippen LogP contribution in [-0.4, -0.2) is 47.5 Å². The fraction of sp³-hybridized carbons (Fsp3) is 0.286. The average Bonchev–Trinajstić information content (AvgIpc) is 3.28. The SMILES string of the molecule is CCC(Sc1cccc(NC(=O)c2ccccc2F)c1)C(=O)Nc1sc2c(c1C(=O)OC)CCN(C(C)=O)C2. The van der Waals surface area contributed by atoms with E-state index >= 15 is 0 Å². The van der Waals surface area contributed by atoms with Crippen molar-refractivity contribution >= 4 is 57.5 Å². The van der Waals surface area contributed by atoms with Gasteiger partial charge in [0.1, 0.15) is 10.8 Å². The topological polar surface area (TPSA) is 105 Å². The van der Waals surface area contributed by atoms with Gasteiger partial charge < -0.3 is 20.3 Å². The number of methoxy groups -OCH3 is 1. The van der Waals surface area contributed by atoms with Crippen LogP contribution in [0.1, 0.15) is 51.4 Å². The molecule has 39 heavy (non-hydrogen) atoms. The van der Waals surface area contributed by atoms with Crippen molar-refractivity contribution in [2.24, 2.45) is 0 Å². The number of ether oxygens (including phenoxy) is 1. The Bertz CT molecular complexity index is 1420. The maximum Gasteiger partial charge on any atom is 0.341 e. The largest absolute Gasteiger partial charge is 0.465 e. The van der Waals surface area contributed by atoms with E-state index in [0.29, 0.717) is 42.2 Å². The van der Waals surface area contributed by atoms with Gasteiger partial charge in [-0.2, -0.15) is 0 Å². The Kier molecular flexibility index (Phi) is 9.03. The molecule has 204 valence electrons. The summed E-state index contributed by atoms with van der Waals surface area (Å²) < 4.78 is 19.0. The lowest BCUT2D eigenvalue weighted by Gasteiger charge is -2.25. The number of thioether (sulfide) groups is 1. The quantitative estimate of drug-likeness (QED) is 0.280. The van der Waals surface area contributed by atoms with Crippen LogP contribution in [0, 0.1) is 5.82 Å². The normalized spacial score (nSPS) is 13.3. The Morgan fingerprint density at radius 3 is 2.59 bits per heavy atom. The number of nitrogens with one attached hydrogen (secondary N) is 2. The van der Waals surface area contributed by atoms with Crippen LogP contribution in [0.4, 0.5) is 15.1 Å². The average molecular weight is 570 g/mol. The minimum Gasteiger partial charge on any atom is -0.465 e. The maximum atomic E-state index is 14.0. The van der Waals surface area contributed by atoms with Crippen LogP contribution in [0.25, 0.3) is 0 Å². The first-order valence-electron chi connectivity index (χ1n) is 12.3. The molecule has 0 spiro atoms. The number of anilines is 2. The number of esters is 1. The zero-order chi connectivity index (χ0) is 28.1. The lowest BCUT2D eigenvalue weighted by molar-refractivity contribution is -0.129. The summed E-state index contributed by atoms with van der Waals surface area (Å²) in [7, 11) is 1.30. The standard InChI is InChI=1S/C28H28FN3O5S2/c1-4-22(38-18-9-7-8-17(14-18)30-25(34)19-10-5-6-11-21(19)29)26(35)31-27-24(28(36)37-3)20-12-13-32(16(2)33)15-23(20)39-27/h5-11,14,22H,4,12-13,15H2,1-3H3,(H,30,34)(H,31,35). The summed E-state index contributed by atoms with van der Waals surface area (Å²) in [4.78, 5) is 53.6. The lowest BCUT2D eigenvalue weighted by atomic mass is 10.0. The van der Waals surface area contributed by atoms with E-state index in [4.69, 9.17) is 4.74 Å². The van der Waals surface area contributed by atoms with E-state index in [0.717, 1.165) is 15.3 Å². The Morgan fingerprint density at radius 1 is 1.13 bits per heavy atom. The molecule has 0 radical (unpaired) electrons. The van der Waals surface area contributed by atoms with E-state index in [1.165, 1.54) is 55.3 Å². The summed E-state index contributed by atoms with van der Waals surface area (Å²) in [5.41, 5.74) is 1.55. The van der Waals surface area contributed by atoms with Gasteiger partial charge in [-0.15, -0.1) is 23.1 Å². The molecule has 2 aromatic carbocycles. The fourth-order valence-corrected chi connectivity index (χ4v) is 6.52. The molecular weight excluding hydrogens is 541 g/mol. The number of nitrogens with zero attached hydrogens (tertiary/aromatic N) is 1. The van der Waals surface area contributed by atoms with Crippen LogP contribution in [-0.2, 0) is 27.3 Å². The van der Waals surface area contributed by atoms with Gasteiger partial charge in [-0.25, -0.2) is 9.18 Å². The molecule has 3 amide bonds. The van der Waals surface area contributed by atoms with Gasteiger partial charge in [-0.05, 0) is 48.7 Å². The maximum absolute atomic E-state index is 14.0. The summed E-state index contributed by atoms with van der Waals surface area (Å²) in [5, 5.41) is 5.52. The molecule has 0 fully saturated rings. The number of hydrogen-bond donors (Lipinski definition) is 2. The summed E-state index contributed by atoms with van der Waals surface area (Å²) in [5.74, 6) is -2.04. The van der Waals surface area contributed by atoms with Crippen LogP contribution in [0.5, 0.6) is 0 Å². The van der Waals surface area contributed by atoms with E-state index in [-0.39, 0.29) is 17.4 Å². The highest BCUT2D eigenvalue weighted by atomic mass is 32.2. The van der Waals surface area contributed by atoms with Crippen LogP contribution >= 0.6 is 23.1 Å². The van der Waals surface area contributed by atoms with Crippen LogP contribution in [0.2, 0.25) is 0 Å². The number of rotatable bonds is 8. The molecule has 1 aliphatic heterocycles. The van der Waals surface area contributed by atoms with E-state index < -0.39 is 22.9 Å². The number of benzene rings is 2. The molecule has 1 unspecified atom stereocenters. The minimum atomic E-state index is -0.612. The minimum absolute atomic E-state index is 0.0472. The van der Waals surface area contributed by atoms with E-state index in [2.05, 4.69) is 10.6 Å². The van der Waals surface area contributed by atoms with Gasteiger partial charge in [0.05, 0.1) is 30.0 Å². The molecule has 0 aliphatic carbocycles. The van der Waals surface area contributed by atoms with Gasteiger partial charge in [0, 0.05) is 28.9 Å². The first kappa shape index (κ1) is 28.3. The number of fused-ring (bicyclic) bond motifs is 1. The monoisotopic (exact) mass is 569 g/mol. The van der Waals surface area contributed by atoms with E-state index in [1.807, 2.05) is 13.0 Å². The summed E-state index contributed by atoms with van der Waals surface area (Å²) in [6.07, 6.45) is 1.00. The van der Waals surface area contributed by atoms with Gasteiger partial charge in [-0.3, -0.25) is 14.4 Å². The Hall–Kier alpha value is -3.70. The number of carbonyl (C=O) groups excluding carboxylic acids is 4. The van der Waals surface area contributed by atoms with Crippen molar-refractivity contribution in [1.82, 2.24) is 4.90 Å². The third-order valence-corrected chi connectivity index (χ3v) is 8.77. The number of thiophene rings is 1. The predicted molar refractivity (Wildman–Crippen MR) is 150 cm³/mol. The third kappa shape index (κ3) is 6.48.